The van der Waals surface area contributed by atoms with Gasteiger partial charge in [0.1, 0.15) is 23.3 Å². The van der Waals surface area contributed by atoms with Gasteiger partial charge in [-0.2, -0.15) is 10.4 Å². The number of nitrogens with one attached hydrogen (secondary N) is 1. The van der Waals surface area contributed by atoms with Gasteiger partial charge in [-0.15, -0.1) is 0 Å². The van der Waals surface area contributed by atoms with Crippen molar-refractivity contribution < 1.29 is 9.18 Å². The van der Waals surface area contributed by atoms with E-state index in [1.807, 2.05) is 0 Å². The lowest BCUT2D eigenvalue weighted by atomic mass is 10.0. The summed E-state index contributed by atoms with van der Waals surface area (Å²) in [5.41, 5.74) is 7.57. The number of nitrogens with zero attached hydrogens (tertiary/aromatic N) is 3. The normalized spacial score (nSPS) is 14.1. The standard InChI is InChI=1S/C21H26FN5O/c22-16-8-10-17(11-9-16)27-21(24)18(14-23)19(26-27)6-3-13-25-20(28)12-7-15-4-1-2-5-15/h8-11,15H,1-7,12-13,24H2,(H,25,28). The molecule has 1 saturated carbocycles. The summed E-state index contributed by atoms with van der Waals surface area (Å²) in [6.07, 6.45) is 7.85. The van der Waals surface area contributed by atoms with Crippen molar-refractivity contribution >= 4 is 11.7 Å². The summed E-state index contributed by atoms with van der Waals surface area (Å²) in [5, 5.41) is 16.8. The Balaban J connectivity index is 1.51. The van der Waals surface area contributed by atoms with E-state index in [1.165, 1.54) is 42.5 Å². The third-order valence-electron chi connectivity index (χ3n) is 5.34. The Hall–Kier alpha value is -2.88. The number of aryl methyl sites for hydroxylation is 1. The lowest BCUT2D eigenvalue weighted by molar-refractivity contribution is -0.121. The number of nitrogens with two attached hydrogens (primary N) is 1. The van der Waals surface area contributed by atoms with Crippen molar-refractivity contribution in [3.05, 3.63) is 41.3 Å². The van der Waals surface area contributed by atoms with Gasteiger partial charge in [-0.3, -0.25) is 4.79 Å². The molecule has 1 amide bonds. The second kappa shape index (κ2) is 9.36. The molecule has 148 valence electrons. The van der Waals surface area contributed by atoms with Gasteiger partial charge >= 0.3 is 0 Å². The number of carbonyl (C=O) groups is 1. The molecule has 1 aromatic heterocycles. The van der Waals surface area contributed by atoms with E-state index in [-0.39, 0.29) is 17.5 Å². The van der Waals surface area contributed by atoms with Gasteiger partial charge in [-0.1, -0.05) is 25.7 Å². The first-order valence-corrected chi connectivity index (χ1v) is 9.88. The molecule has 3 N–H and O–H groups in total. The number of aromatic nitrogens is 2. The fraction of sp³-hybridized carbons (Fsp3) is 0.476. The molecular formula is C21H26FN5O. The van der Waals surface area contributed by atoms with Crippen molar-refractivity contribution in [2.24, 2.45) is 5.92 Å². The van der Waals surface area contributed by atoms with Crippen LogP contribution in [0.1, 0.15) is 56.2 Å². The number of benzene rings is 1. The third kappa shape index (κ3) is 4.89. The molecule has 0 aliphatic heterocycles. The minimum Gasteiger partial charge on any atom is -0.382 e. The van der Waals surface area contributed by atoms with E-state index in [9.17, 15) is 14.4 Å². The van der Waals surface area contributed by atoms with Gasteiger partial charge in [0.25, 0.3) is 0 Å². The molecular weight excluding hydrogens is 357 g/mol. The van der Waals surface area contributed by atoms with Gasteiger partial charge < -0.3 is 11.1 Å². The molecule has 0 atom stereocenters. The topological polar surface area (TPSA) is 96.7 Å². The predicted molar refractivity (Wildman–Crippen MR) is 105 cm³/mol. The Morgan fingerprint density at radius 3 is 2.71 bits per heavy atom. The van der Waals surface area contributed by atoms with Crippen molar-refractivity contribution in [3.8, 4) is 11.8 Å². The molecule has 0 bridgehead atoms. The summed E-state index contributed by atoms with van der Waals surface area (Å²) in [7, 11) is 0. The second-order valence-electron chi connectivity index (χ2n) is 7.35. The molecule has 0 saturated heterocycles. The first-order valence-electron chi connectivity index (χ1n) is 9.88. The van der Waals surface area contributed by atoms with E-state index in [0.717, 1.165) is 6.42 Å². The Labute approximate surface area is 164 Å². The number of rotatable bonds is 8. The maximum absolute atomic E-state index is 13.1. The fourth-order valence-corrected chi connectivity index (χ4v) is 3.76. The summed E-state index contributed by atoms with van der Waals surface area (Å²) in [4.78, 5) is 12.0. The highest BCUT2D eigenvalue weighted by Crippen LogP contribution is 2.28. The van der Waals surface area contributed by atoms with Crippen LogP contribution in [-0.4, -0.2) is 22.2 Å². The first kappa shape index (κ1) is 19.9. The van der Waals surface area contributed by atoms with E-state index in [1.54, 1.807) is 12.1 Å². The number of nitriles is 1. The van der Waals surface area contributed by atoms with Crippen molar-refractivity contribution in [3.63, 3.8) is 0 Å². The highest BCUT2D eigenvalue weighted by atomic mass is 19.1. The zero-order valence-electron chi connectivity index (χ0n) is 16.0. The average molecular weight is 383 g/mol. The van der Waals surface area contributed by atoms with Crippen LogP contribution in [0.5, 0.6) is 0 Å². The summed E-state index contributed by atoms with van der Waals surface area (Å²) in [6.45, 7) is 0.539. The van der Waals surface area contributed by atoms with Crippen molar-refractivity contribution in [2.75, 3.05) is 12.3 Å². The smallest absolute Gasteiger partial charge is 0.220 e. The van der Waals surface area contributed by atoms with Crippen LogP contribution in [0, 0.1) is 23.1 Å². The SMILES string of the molecule is N#Cc1c(CCCNC(=O)CCC2CCCC2)nn(-c2ccc(F)cc2)c1N. The molecule has 28 heavy (non-hydrogen) atoms. The van der Waals surface area contributed by atoms with Crippen LogP contribution in [0.25, 0.3) is 5.69 Å². The van der Waals surface area contributed by atoms with Crippen molar-refractivity contribution in [1.82, 2.24) is 15.1 Å². The van der Waals surface area contributed by atoms with Crippen LogP contribution in [0.15, 0.2) is 24.3 Å². The molecule has 1 heterocycles. The summed E-state index contributed by atoms with van der Waals surface area (Å²) in [5.74, 6) is 0.690. The zero-order chi connectivity index (χ0) is 19.9. The molecule has 7 heteroatoms. The minimum absolute atomic E-state index is 0.0868. The molecule has 1 aliphatic rings. The minimum atomic E-state index is -0.348. The van der Waals surface area contributed by atoms with Gasteiger partial charge in [0.05, 0.1) is 11.4 Å². The van der Waals surface area contributed by atoms with Crippen LogP contribution < -0.4 is 11.1 Å². The van der Waals surface area contributed by atoms with Crippen molar-refractivity contribution in [2.45, 2.75) is 51.4 Å². The summed E-state index contributed by atoms with van der Waals surface area (Å²) < 4.78 is 14.6. The lowest BCUT2D eigenvalue weighted by Crippen LogP contribution is -2.25. The number of halogens is 1. The highest BCUT2D eigenvalue weighted by molar-refractivity contribution is 5.75. The maximum atomic E-state index is 13.1. The lowest BCUT2D eigenvalue weighted by Gasteiger charge is -2.08. The predicted octanol–water partition coefficient (Wildman–Crippen LogP) is 3.48. The monoisotopic (exact) mass is 383 g/mol. The van der Waals surface area contributed by atoms with Crippen molar-refractivity contribution in [1.29, 1.82) is 5.26 Å². The third-order valence-corrected chi connectivity index (χ3v) is 5.34. The summed E-state index contributed by atoms with van der Waals surface area (Å²) >= 11 is 0. The van der Waals surface area contributed by atoms with E-state index >= 15 is 0 Å². The second-order valence-corrected chi connectivity index (χ2v) is 7.35. The van der Waals surface area contributed by atoms with Gasteiger partial charge in [0.2, 0.25) is 5.91 Å². The fourth-order valence-electron chi connectivity index (χ4n) is 3.76. The van der Waals surface area contributed by atoms with E-state index in [4.69, 9.17) is 5.73 Å². The molecule has 0 spiro atoms. The molecule has 0 unspecified atom stereocenters. The molecule has 2 aromatic rings. The average Bonchev–Trinajstić information content (AvgIpc) is 3.32. The number of anilines is 1. The Morgan fingerprint density at radius 1 is 1.32 bits per heavy atom. The maximum Gasteiger partial charge on any atom is 0.220 e. The molecule has 3 rings (SSSR count). The van der Waals surface area contributed by atoms with Crippen LogP contribution in [-0.2, 0) is 11.2 Å². The van der Waals surface area contributed by atoms with E-state index in [0.29, 0.717) is 48.7 Å². The van der Waals surface area contributed by atoms with Crippen LogP contribution in [0.2, 0.25) is 0 Å². The van der Waals surface area contributed by atoms with Gasteiger partial charge in [0, 0.05) is 13.0 Å². The van der Waals surface area contributed by atoms with Gasteiger partial charge in [-0.25, -0.2) is 9.07 Å². The Morgan fingerprint density at radius 2 is 2.04 bits per heavy atom. The van der Waals surface area contributed by atoms with Crippen LogP contribution in [0.3, 0.4) is 0 Å². The van der Waals surface area contributed by atoms with Crippen LogP contribution in [0.4, 0.5) is 10.2 Å². The largest absolute Gasteiger partial charge is 0.382 e. The first-order chi connectivity index (χ1) is 13.6. The highest BCUT2D eigenvalue weighted by Gasteiger charge is 2.17. The molecule has 1 fully saturated rings. The number of nitrogen functional groups attached to an aromatic ring is 1. The van der Waals surface area contributed by atoms with Gasteiger partial charge in [0.15, 0.2) is 0 Å². The molecule has 1 aliphatic carbocycles. The number of carbonyl (C=O) groups excluding carboxylic acids is 1. The number of hydrogen-bond donors (Lipinski definition) is 2. The van der Waals surface area contributed by atoms with Gasteiger partial charge in [-0.05, 0) is 49.4 Å². The molecule has 6 nitrogen and oxygen atoms in total. The quantitative estimate of drug-likeness (QED) is 0.682. The van der Waals surface area contributed by atoms with Crippen LogP contribution >= 0.6 is 0 Å². The molecule has 1 aromatic carbocycles. The number of hydrogen-bond acceptors (Lipinski definition) is 4. The zero-order valence-corrected chi connectivity index (χ0v) is 16.0. The number of amides is 1. The Kier molecular flexibility index (Phi) is 6.64. The summed E-state index contributed by atoms with van der Waals surface area (Å²) in [6, 6.07) is 7.87. The van der Waals surface area contributed by atoms with E-state index < -0.39 is 0 Å². The van der Waals surface area contributed by atoms with E-state index in [2.05, 4.69) is 16.5 Å². The molecule has 0 radical (unpaired) electrons. The Bertz CT molecular complexity index is 847.